The Hall–Kier alpha value is -0.950. The van der Waals surface area contributed by atoms with E-state index in [2.05, 4.69) is 42.0 Å². The lowest BCUT2D eigenvalue weighted by Crippen LogP contribution is -2.43. The van der Waals surface area contributed by atoms with Crippen LogP contribution in [0.1, 0.15) is 36.9 Å². The van der Waals surface area contributed by atoms with Crippen molar-refractivity contribution in [3.05, 3.63) is 27.1 Å². The highest BCUT2D eigenvalue weighted by Crippen LogP contribution is 2.26. The lowest BCUT2D eigenvalue weighted by atomic mass is 9.85. The number of carbonyl (C=O) groups excluding carboxylic acids is 1. The predicted molar refractivity (Wildman–Crippen MR) is 80.1 cm³/mol. The van der Waals surface area contributed by atoms with E-state index in [-0.39, 0.29) is 22.4 Å². The molecule has 1 atom stereocenters. The van der Waals surface area contributed by atoms with Crippen LogP contribution in [0.2, 0.25) is 0 Å². The average molecular weight is 349 g/mol. The highest BCUT2D eigenvalue weighted by Gasteiger charge is 2.27. The molecule has 1 aromatic heterocycles. The Morgan fingerprint density at radius 2 is 2.16 bits per heavy atom. The summed E-state index contributed by atoms with van der Waals surface area (Å²) in [5.74, 6) is -0.251. The summed E-state index contributed by atoms with van der Waals surface area (Å²) in [6, 6.07) is 2.86. The summed E-state index contributed by atoms with van der Waals surface area (Å²) in [6.45, 7) is 6.16. The maximum absolute atomic E-state index is 12.1. The zero-order chi connectivity index (χ0) is 14.6. The van der Waals surface area contributed by atoms with E-state index in [9.17, 15) is 14.9 Å². The van der Waals surface area contributed by atoms with Crippen LogP contribution in [0.15, 0.2) is 12.1 Å². The SMILES string of the molecule is CC(C)(C)C(CCBr)NC(=O)c1ccc([N+](=O)[O-])s1. The van der Waals surface area contributed by atoms with Crippen LogP contribution in [0, 0.1) is 15.5 Å². The molecule has 0 aliphatic heterocycles. The van der Waals surface area contributed by atoms with Gasteiger partial charge in [-0.2, -0.15) is 0 Å². The molecule has 1 amide bonds. The van der Waals surface area contributed by atoms with E-state index in [1.54, 1.807) is 0 Å². The van der Waals surface area contributed by atoms with Gasteiger partial charge in [0.05, 0.1) is 9.80 Å². The minimum Gasteiger partial charge on any atom is -0.348 e. The monoisotopic (exact) mass is 348 g/mol. The molecule has 1 unspecified atom stereocenters. The molecule has 1 rings (SSSR count). The Bertz CT molecular complexity index is 468. The number of alkyl halides is 1. The highest BCUT2D eigenvalue weighted by molar-refractivity contribution is 9.09. The molecular formula is C12H17BrN2O3S. The van der Waals surface area contributed by atoms with Crippen molar-refractivity contribution in [1.29, 1.82) is 0 Å². The van der Waals surface area contributed by atoms with Gasteiger partial charge < -0.3 is 5.32 Å². The van der Waals surface area contributed by atoms with E-state index in [0.29, 0.717) is 4.88 Å². The number of nitrogens with one attached hydrogen (secondary N) is 1. The van der Waals surface area contributed by atoms with E-state index >= 15 is 0 Å². The van der Waals surface area contributed by atoms with Crippen LogP contribution in [-0.2, 0) is 0 Å². The molecular weight excluding hydrogens is 332 g/mol. The van der Waals surface area contributed by atoms with Crippen molar-refractivity contribution in [3.8, 4) is 0 Å². The van der Waals surface area contributed by atoms with Crippen LogP contribution in [0.5, 0.6) is 0 Å². The number of halogens is 1. The predicted octanol–water partition coefficient (Wildman–Crippen LogP) is 3.59. The fourth-order valence-electron chi connectivity index (χ4n) is 1.61. The molecule has 0 saturated carbocycles. The van der Waals surface area contributed by atoms with Gasteiger partial charge in [0.1, 0.15) is 0 Å². The molecule has 0 aliphatic carbocycles. The summed E-state index contributed by atoms with van der Waals surface area (Å²) in [7, 11) is 0. The minimum absolute atomic E-state index is 0.0144. The molecule has 0 aliphatic rings. The second kappa shape index (κ2) is 6.47. The lowest BCUT2D eigenvalue weighted by molar-refractivity contribution is -0.380. The Morgan fingerprint density at radius 1 is 1.53 bits per heavy atom. The van der Waals surface area contributed by atoms with E-state index in [4.69, 9.17) is 0 Å². The zero-order valence-corrected chi connectivity index (χ0v) is 13.5. The third-order valence-corrected chi connectivity index (χ3v) is 4.24. The topological polar surface area (TPSA) is 72.2 Å². The van der Waals surface area contributed by atoms with Crippen molar-refractivity contribution in [3.63, 3.8) is 0 Å². The summed E-state index contributed by atoms with van der Waals surface area (Å²) >= 11 is 4.27. The molecule has 7 heteroatoms. The average Bonchev–Trinajstić information content (AvgIpc) is 2.76. The molecule has 0 radical (unpaired) electrons. The molecule has 0 saturated heterocycles. The number of carbonyl (C=O) groups is 1. The van der Waals surface area contributed by atoms with E-state index < -0.39 is 4.92 Å². The maximum atomic E-state index is 12.1. The maximum Gasteiger partial charge on any atom is 0.324 e. The van der Waals surface area contributed by atoms with Crippen molar-refractivity contribution in [2.24, 2.45) is 5.41 Å². The van der Waals surface area contributed by atoms with Crippen molar-refractivity contribution in [2.45, 2.75) is 33.2 Å². The summed E-state index contributed by atoms with van der Waals surface area (Å²) < 4.78 is 0. The van der Waals surface area contributed by atoms with E-state index in [0.717, 1.165) is 23.1 Å². The van der Waals surface area contributed by atoms with Gasteiger partial charge in [-0.3, -0.25) is 14.9 Å². The van der Waals surface area contributed by atoms with Gasteiger partial charge in [0, 0.05) is 17.4 Å². The minimum atomic E-state index is -0.485. The zero-order valence-electron chi connectivity index (χ0n) is 11.1. The first-order chi connectivity index (χ1) is 8.75. The van der Waals surface area contributed by atoms with Crippen LogP contribution < -0.4 is 5.32 Å². The molecule has 1 N–H and O–H groups in total. The van der Waals surface area contributed by atoms with Crippen molar-refractivity contribution in [1.82, 2.24) is 5.32 Å². The fourth-order valence-corrected chi connectivity index (χ4v) is 2.79. The Labute approximate surface area is 124 Å². The van der Waals surface area contributed by atoms with E-state index in [1.807, 2.05) is 0 Å². The smallest absolute Gasteiger partial charge is 0.324 e. The first-order valence-electron chi connectivity index (χ1n) is 5.86. The molecule has 5 nitrogen and oxygen atoms in total. The Kier molecular flexibility index (Phi) is 5.49. The van der Waals surface area contributed by atoms with Gasteiger partial charge in [0.15, 0.2) is 0 Å². The summed E-state index contributed by atoms with van der Waals surface area (Å²) in [6.07, 6.45) is 0.808. The van der Waals surface area contributed by atoms with Gasteiger partial charge in [0.2, 0.25) is 0 Å². The second-order valence-corrected chi connectivity index (χ2v) is 7.12. The second-order valence-electron chi connectivity index (χ2n) is 5.26. The number of nitro groups is 1. The number of hydrogen-bond donors (Lipinski definition) is 1. The summed E-state index contributed by atoms with van der Waals surface area (Å²) in [5.41, 5.74) is -0.0629. The standard InChI is InChI=1S/C12H17BrN2O3S/c1-12(2,3)9(6-7-13)14-11(16)8-4-5-10(19-8)15(17)18/h4-5,9H,6-7H2,1-3H3,(H,14,16). The first-order valence-corrected chi connectivity index (χ1v) is 7.80. The van der Waals surface area contributed by atoms with Gasteiger partial charge in [-0.05, 0) is 17.9 Å². The summed E-state index contributed by atoms with van der Waals surface area (Å²) in [5, 5.41) is 14.3. The molecule has 0 aromatic carbocycles. The number of thiophene rings is 1. The van der Waals surface area contributed by atoms with Crippen LogP contribution in [0.4, 0.5) is 5.00 Å². The summed E-state index contributed by atoms with van der Waals surface area (Å²) in [4.78, 5) is 22.6. The quantitative estimate of drug-likeness (QED) is 0.502. The van der Waals surface area contributed by atoms with E-state index in [1.165, 1.54) is 12.1 Å². The molecule has 106 valence electrons. The molecule has 1 aromatic rings. The molecule has 0 bridgehead atoms. The number of nitrogens with zero attached hydrogens (tertiary/aromatic N) is 1. The molecule has 1 heterocycles. The Balaban J connectivity index is 2.78. The third-order valence-electron chi connectivity index (χ3n) is 2.74. The van der Waals surface area contributed by atoms with Crippen molar-refractivity contribution in [2.75, 3.05) is 5.33 Å². The van der Waals surface area contributed by atoms with Gasteiger partial charge in [-0.25, -0.2) is 0 Å². The highest BCUT2D eigenvalue weighted by atomic mass is 79.9. The molecule has 0 fully saturated rings. The number of hydrogen-bond acceptors (Lipinski definition) is 4. The Morgan fingerprint density at radius 3 is 2.58 bits per heavy atom. The lowest BCUT2D eigenvalue weighted by Gasteiger charge is -2.31. The van der Waals surface area contributed by atoms with Gasteiger partial charge >= 0.3 is 5.00 Å². The number of rotatable bonds is 5. The third kappa shape index (κ3) is 4.58. The van der Waals surface area contributed by atoms with Crippen LogP contribution in [-0.4, -0.2) is 22.2 Å². The van der Waals surface area contributed by atoms with Gasteiger partial charge in [-0.1, -0.05) is 48.0 Å². The van der Waals surface area contributed by atoms with Gasteiger partial charge in [-0.15, -0.1) is 0 Å². The van der Waals surface area contributed by atoms with Crippen molar-refractivity contribution >= 4 is 38.2 Å². The molecule has 0 spiro atoms. The largest absolute Gasteiger partial charge is 0.348 e. The van der Waals surface area contributed by atoms with Crippen LogP contribution in [0.3, 0.4) is 0 Å². The molecule has 19 heavy (non-hydrogen) atoms. The fraction of sp³-hybridized carbons (Fsp3) is 0.583. The van der Waals surface area contributed by atoms with Gasteiger partial charge in [0.25, 0.3) is 5.91 Å². The normalized spacial score (nSPS) is 13.1. The first kappa shape index (κ1) is 16.1. The van der Waals surface area contributed by atoms with Crippen molar-refractivity contribution < 1.29 is 9.72 Å². The number of amides is 1. The van der Waals surface area contributed by atoms with Crippen LogP contribution in [0.25, 0.3) is 0 Å². The van der Waals surface area contributed by atoms with Crippen LogP contribution >= 0.6 is 27.3 Å².